The molecule has 1 amide bonds. The first-order valence-corrected chi connectivity index (χ1v) is 8.13. The number of hydrogen-bond donors (Lipinski definition) is 1. The normalized spacial score (nSPS) is 16.1. The fraction of sp³-hybridized carbons (Fsp3) is 0.375. The van der Waals surface area contributed by atoms with Crippen LogP contribution in [0.5, 0.6) is 0 Å². The maximum Gasteiger partial charge on any atom is 0.273 e. The molecule has 1 fully saturated rings. The summed E-state index contributed by atoms with van der Waals surface area (Å²) in [4.78, 5) is 18.9. The quantitative estimate of drug-likeness (QED) is 0.948. The van der Waals surface area contributed by atoms with Crippen molar-refractivity contribution in [2.75, 3.05) is 20.1 Å². The molecule has 1 aromatic carbocycles. The van der Waals surface area contributed by atoms with Gasteiger partial charge in [0.15, 0.2) is 0 Å². The van der Waals surface area contributed by atoms with Crippen LogP contribution in [0.25, 0.3) is 10.6 Å². The predicted octanol–water partition coefficient (Wildman–Crippen LogP) is 2.63. The Labute approximate surface area is 128 Å². The van der Waals surface area contributed by atoms with Crippen molar-refractivity contribution in [3.05, 3.63) is 41.4 Å². The number of thiazole rings is 1. The van der Waals surface area contributed by atoms with Crippen LogP contribution in [0, 0.1) is 0 Å². The van der Waals surface area contributed by atoms with Crippen LogP contribution in [-0.4, -0.2) is 42.0 Å². The van der Waals surface area contributed by atoms with Crippen molar-refractivity contribution in [3.63, 3.8) is 0 Å². The van der Waals surface area contributed by atoms with E-state index in [1.807, 2.05) is 47.7 Å². The third-order valence-corrected chi connectivity index (χ3v) is 4.83. The van der Waals surface area contributed by atoms with Crippen LogP contribution in [0.4, 0.5) is 0 Å². The summed E-state index contributed by atoms with van der Waals surface area (Å²) in [6, 6.07) is 10.5. The first kappa shape index (κ1) is 14.2. The van der Waals surface area contributed by atoms with E-state index in [1.165, 1.54) is 11.3 Å². The molecule has 0 bridgehead atoms. The van der Waals surface area contributed by atoms with Gasteiger partial charge < -0.3 is 10.2 Å². The van der Waals surface area contributed by atoms with Crippen LogP contribution >= 0.6 is 11.3 Å². The van der Waals surface area contributed by atoms with Crippen LogP contribution in [-0.2, 0) is 0 Å². The smallest absolute Gasteiger partial charge is 0.273 e. The van der Waals surface area contributed by atoms with Crippen molar-refractivity contribution in [2.24, 2.45) is 0 Å². The highest BCUT2D eigenvalue weighted by atomic mass is 32.1. The molecule has 0 unspecified atom stereocenters. The van der Waals surface area contributed by atoms with Gasteiger partial charge in [-0.05, 0) is 19.9 Å². The van der Waals surface area contributed by atoms with Gasteiger partial charge in [-0.1, -0.05) is 30.3 Å². The Hall–Kier alpha value is -1.72. The minimum absolute atomic E-state index is 0.0583. The molecule has 3 rings (SSSR count). The average molecular weight is 301 g/mol. The van der Waals surface area contributed by atoms with Crippen molar-refractivity contribution < 1.29 is 4.79 Å². The number of hydrogen-bond acceptors (Lipinski definition) is 4. The summed E-state index contributed by atoms with van der Waals surface area (Å²) < 4.78 is 0. The fourth-order valence-electron chi connectivity index (χ4n) is 2.62. The van der Waals surface area contributed by atoms with E-state index in [1.54, 1.807) is 0 Å². The summed E-state index contributed by atoms with van der Waals surface area (Å²) >= 11 is 1.53. The summed E-state index contributed by atoms with van der Waals surface area (Å²) in [5.41, 5.74) is 1.64. The molecule has 21 heavy (non-hydrogen) atoms. The molecule has 0 saturated carbocycles. The van der Waals surface area contributed by atoms with Gasteiger partial charge >= 0.3 is 0 Å². The van der Waals surface area contributed by atoms with Gasteiger partial charge in [0.2, 0.25) is 0 Å². The van der Waals surface area contributed by atoms with Crippen molar-refractivity contribution in [2.45, 2.75) is 18.9 Å². The average Bonchev–Trinajstić information content (AvgIpc) is 3.05. The molecule has 1 aliphatic heterocycles. The van der Waals surface area contributed by atoms with E-state index in [-0.39, 0.29) is 5.91 Å². The lowest BCUT2D eigenvalue weighted by Gasteiger charge is -2.31. The number of amides is 1. The van der Waals surface area contributed by atoms with E-state index in [0.29, 0.717) is 11.7 Å². The SMILES string of the molecule is CNC1CCN(C(=O)c2csc(-c3ccccc3)n2)CC1. The zero-order chi connectivity index (χ0) is 14.7. The highest BCUT2D eigenvalue weighted by Gasteiger charge is 2.24. The molecule has 110 valence electrons. The van der Waals surface area contributed by atoms with Gasteiger partial charge in [0.25, 0.3) is 5.91 Å². The van der Waals surface area contributed by atoms with E-state index < -0.39 is 0 Å². The summed E-state index contributed by atoms with van der Waals surface area (Å²) in [7, 11) is 1.98. The monoisotopic (exact) mass is 301 g/mol. The Morgan fingerprint density at radius 1 is 1.29 bits per heavy atom. The van der Waals surface area contributed by atoms with Crippen molar-refractivity contribution in [1.82, 2.24) is 15.2 Å². The van der Waals surface area contributed by atoms with E-state index in [0.717, 1.165) is 36.5 Å². The molecule has 0 aliphatic carbocycles. The lowest BCUT2D eigenvalue weighted by molar-refractivity contribution is 0.0702. The Balaban J connectivity index is 1.70. The number of carbonyl (C=O) groups excluding carboxylic acids is 1. The first-order chi connectivity index (χ1) is 10.3. The minimum atomic E-state index is 0.0583. The molecule has 4 nitrogen and oxygen atoms in total. The highest BCUT2D eigenvalue weighted by molar-refractivity contribution is 7.13. The number of rotatable bonds is 3. The number of carbonyl (C=O) groups is 1. The minimum Gasteiger partial charge on any atom is -0.337 e. The molecule has 1 aliphatic rings. The van der Waals surface area contributed by atoms with E-state index in [9.17, 15) is 4.79 Å². The van der Waals surface area contributed by atoms with Crippen molar-refractivity contribution in [3.8, 4) is 10.6 Å². The second-order valence-corrected chi connectivity index (χ2v) is 6.12. The predicted molar refractivity (Wildman–Crippen MR) is 85.5 cm³/mol. The topological polar surface area (TPSA) is 45.2 Å². The van der Waals surface area contributed by atoms with Crippen molar-refractivity contribution in [1.29, 1.82) is 0 Å². The number of nitrogens with one attached hydrogen (secondary N) is 1. The van der Waals surface area contributed by atoms with Gasteiger partial charge in [0, 0.05) is 30.1 Å². The number of piperidine rings is 1. The molecule has 2 heterocycles. The Kier molecular flexibility index (Phi) is 4.31. The third-order valence-electron chi connectivity index (χ3n) is 3.93. The van der Waals surface area contributed by atoms with E-state index >= 15 is 0 Å². The lowest BCUT2D eigenvalue weighted by Crippen LogP contribution is -2.44. The second kappa shape index (κ2) is 6.37. The van der Waals surface area contributed by atoms with Gasteiger partial charge in [-0.25, -0.2) is 4.98 Å². The first-order valence-electron chi connectivity index (χ1n) is 7.25. The summed E-state index contributed by atoms with van der Waals surface area (Å²) in [5.74, 6) is 0.0583. The molecule has 5 heteroatoms. The molecule has 0 spiro atoms. The zero-order valence-electron chi connectivity index (χ0n) is 12.1. The van der Waals surface area contributed by atoms with Gasteiger partial charge in [0.1, 0.15) is 10.7 Å². The maximum atomic E-state index is 12.5. The summed E-state index contributed by atoms with van der Waals surface area (Å²) in [6.07, 6.45) is 2.02. The summed E-state index contributed by atoms with van der Waals surface area (Å²) in [6.45, 7) is 1.62. The van der Waals surface area contributed by atoms with Crippen molar-refractivity contribution >= 4 is 17.2 Å². The maximum absolute atomic E-state index is 12.5. The molecule has 1 aromatic heterocycles. The van der Waals surface area contributed by atoms with Crippen LogP contribution in [0.2, 0.25) is 0 Å². The largest absolute Gasteiger partial charge is 0.337 e. The van der Waals surface area contributed by atoms with Crippen LogP contribution < -0.4 is 5.32 Å². The van der Waals surface area contributed by atoms with Gasteiger partial charge in [-0.3, -0.25) is 4.79 Å². The van der Waals surface area contributed by atoms with E-state index in [2.05, 4.69) is 10.3 Å². The Morgan fingerprint density at radius 2 is 2.00 bits per heavy atom. The fourth-order valence-corrected chi connectivity index (χ4v) is 3.42. The van der Waals surface area contributed by atoms with Crippen LogP contribution in [0.15, 0.2) is 35.7 Å². The van der Waals surface area contributed by atoms with Crippen LogP contribution in [0.3, 0.4) is 0 Å². The second-order valence-electron chi connectivity index (χ2n) is 5.26. The number of nitrogens with zero attached hydrogens (tertiary/aromatic N) is 2. The number of likely N-dealkylation sites (tertiary alicyclic amines) is 1. The number of aromatic nitrogens is 1. The summed E-state index contributed by atoms with van der Waals surface area (Å²) in [5, 5.41) is 6.05. The molecule has 1 N–H and O–H groups in total. The standard InChI is InChI=1S/C16H19N3OS/c1-17-13-7-9-19(10-8-13)16(20)14-11-21-15(18-14)12-5-3-2-4-6-12/h2-6,11,13,17H,7-10H2,1H3. The molecule has 1 saturated heterocycles. The molecule has 0 atom stereocenters. The molecule has 2 aromatic rings. The van der Waals surface area contributed by atoms with E-state index in [4.69, 9.17) is 0 Å². The Bertz CT molecular complexity index is 603. The molecular weight excluding hydrogens is 282 g/mol. The highest BCUT2D eigenvalue weighted by Crippen LogP contribution is 2.24. The van der Waals surface area contributed by atoms with Gasteiger partial charge in [0.05, 0.1) is 0 Å². The molecular formula is C16H19N3OS. The third kappa shape index (κ3) is 3.14. The Morgan fingerprint density at radius 3 is 2.67 bits per heavy atom. The van der Waals surface area contributed by atoms with Crippen LogP contribution in [0.1, 0.15) is 23.3 Å². The molecule has 0 radical (unpaired) electrons. The lowest BCUT2D eigenvalue weighted by atomic mass is 10.1. The van der Waals surface area contributed by atoms with Gasteiger partial charge in [-0.2, -0.15) is 0 Å². The van der Waals surface area contributed by atoms with Gasteiger partial charge in [-0.15, -0.1) is 11.3 Å². The zero-order valence-corrected chi connectivity index (χ0v) is 12.9. The number of benzene rings is 1.